The van der Waals surface area contributed by atoms with E-state index in [1.165, 1.54) is 12.8 Å². The van der Waals surface area contributed by atoms with Crippen molar-refractivity contribution in [2.75, 3.05) is 6.54 Å². The van der Waals surface area contributed by atoms with Crippen molar-refractivity contribution in [3.8, 4) is 0 Å². The zero-order valence-corrected chi connectivity index (χ0v) is 9.03. The molecule has 3 heteroatoms. The van der Waals surface area contributed by atoms with Crippen molar-refractivity contribution < 1.29 is 0 Å². The first-order valence-corrected chi connectivity index (χ1v) is 5.28. The van der Waals surface area contributed by atoms with Gasteiger partial charge >= 0.3 is 0 Å². The fourth-order valence-corrected chi connectivity index (χ4v) is 1.46. The lowest BCUT2D eigenvalue weighted by Gasteiger charge is -2.10. The van der Waals surface area contributed by atoms with E-state index in [1.807, 2.05) is 6.07 Å². The van der Waals surface area contributed by atoms with Gasteiger partial charge in [0.15, 0.2) is 0 Å². The van der Waals surface area contributed by atoms with Crippen molar-refractivity contribution in [2.24, 2.45) is 5.92 Å². The molecule has 1 unspecified atom stereocenters. The van der Waals surface area contributed by atoms with Crippen LogP contribution in [0.3, 0.4) is 0 Å². The van der Waals surface area contributed by atoms with Crippen LogP contribution in [0.1, 0.15) is 32.4 Å². The SMILES string of the molecule is CCCC(C)CNCc1ccncn1. The van der Waals surface area contributed by atoms with Gasteiger partial charge in [0.25, 0.3) is 0 Å². The summed E-state index contributed by atoms with van der Waals surface area (Å²) in [5.41, 5.74) is 1.06. The average molecular weight is 193 g/mol. The second kappa shape index (κ2) is 6.49. The van der Waals surface area contributed by atoms with Crippen molar-refractivity contribution in [3.63, 3.8) is 0 Å². The molecule has 0 aliphatic heterocycles. The Balaban J connectivity index is 2.16. The van der Waals surface area contributed by atoms with Crippen LogP contribution in [0.4, 0.5) is 0 Å². The highest BCUT2D eigenvalue weighted by molar-refractivity contribution is 4.96. The van der Waals surface area contributed by atoms with Crippen LogP contribution in [-0.4, -0.2) is 16.5 Å². The van der Waals surface area contributed by atoms with Gasteiger partial charge < -0.3 is 5.32 Å². The summed E-state index contributed by atoms with van der Waals surface area (Å²) in [4.78, 5) is 8.03. The lowest BCUT2D eigenvalue weighted by atomic mass is 10.1. The molecule has 1 atom stereocenters. The van der Waals surface area contributed by atoms with Crippen LogP contribution in [0, 0.1) is 5.92 Å². The third-order valence-corrected chi connectivity index (χ3v) is 2.22. The number of nitrogens with zero attached hydrogens (tertiary/aromatic N) is 2. The maximum Gasteiger partial charge on any atom is 0.115 e. The van der Waals surface area contributed by atoms with Gasteiger partial charge in [-0.3, -0.25) is 0 Å². The molecule has 1 aromatic rings. The van der Waals surface area contributed by atoms with Gasteiger partial charge in [0, 0.05) is 12.7 Å². The molecule has 1 aromatic heterocycles. The Labute approximate surface area is 86.0 Å². The first-order valence-electron chi connectivity index (χ1n) is 5.28. The van der Waals surface area contributed by atoms with E-state index >= 15 is 0 Å². The Hall–Kier alpha value is -0.960. The number of hydrogen-bond acceptors (Lipinski definition) is 3. The predicted octanol–water partition coefficient (Wildman–Crippen LogP) is 2.00. The van der Waals surface area contributed by atoms with E-state index in [4.69, 9.17) is 0 Å². The van der Waals surface area contributed by atoms with Crippen molar-refractivity contribution in [1.82, 2.24) is 15.3 Å². The lowest BCUT2D eigenvalue weighted by Crippen LogP contribution is -2.21. The Morgan fingerprint density at radius 3 is 3.00 bits per heavy atom. The highest BCUT2D eigenvalue weighted by atomic mass is 14.9. The summed E-state index contributed by atoms with van der Waals surface area (Å²) >= 11 is 0. The second-order valence-electron chi connectivity index (χ2n) is 3.73. The molecule has 0 radical (unpaired) electrons. The van der Waals surface area contributed by atoms with Gasteiger partial charge in [0.2, 0.25) is 0 Å². The van der Waals surface area contributed by atoms with E-state index in [0.717, 1.165) is 24.7 Å². The number of nitrogens with one attached hydrogen (secondary N) is 1. The summed E-state index contributed by atoms with van der Waals surface area (Å²) in [6, 6.07) is 1.94. The molecule has 0 aliphatic rings. The summed E-state index contributed by atoms with van der Waals surface area (Å²) in [5.74, 6) is 0.752. The van der Waals surface area contributed by atoms with Crippen LogP contribution in [0.15, 0.2) is 18.6 Å². The van der Waals surface area contributed by atoms with Crippen molar-refractivity contribution in [1.29, 1.82) is 0 Å². The summed E-state index contributed by atoms with van der Waals surface area (Å²) in [7, 11) is 0. The molecule has 0 saturated heterocycles. The highest BCUT2D eigenvalue weighted by Gasteiger charge is 1.99. The smallest absolute Gasteiger partial charge is 0.115 e. The molecule has 3 nitrogen and oxygen atoms in total. The molecule has 0 amide bonds. The summed E-state index contributed by atoms with van der Waals surface area (Å²) < 4.78 is 0. The molecule has 0 aliphatic carbocycles. The Kier molecular flexibility index (Phi) is 5.15. The first kappa shape index (κ1) is 11.1. The minimum atomic E-state index is 0.752. The van der Waals surface area contributed by atoms with E-state index in [-0.39, 0.29) is 0 Å². The van der Waals surface area contributed by atoms with Crippen LogP contribution < -0.4 is 5.32 Å². The standard InChI is InChI=1S/C11H19N3/c1-3-4-10(2)7-13-8-11-5-6-12-9-14-11/h5-6,9-10,13H,3-4,7-8H2,1-2H3. The number of hydrogen-bond donors (Lipinski definition) is 1. The van der Waals surface area contributed by atoms with Gasteiger partial charge in [-0.2, -0.15) is 0 Å². The van der Waals surface area contributed by atoms with Crippen LogP contribution >= 0.6 is 0 Å². The largest absolute Gasteiger partial charge is 0.311 e. The molecule has 0 saturated carbocycles. The maximum absolute atomic E-state index is 4.15. The van der Waals surface area contributed by atoms with Gasteiger partial charge in [-0.25, -0.2) is 9.97 Å². The van der Waals surface area contributed by atoms with E-state index in [2.05, 4.69) is 29.1 Å². The maximum atomic E-state index is 4.15. The van der Waals surface area contributed by atoms with Gasteiger partial charge in [-0.15, -0.1) is 0 Å². The molecule has 1 heterocycles. The fraction of sp³-hybridized carbons (Fsp3) is 0.636. The third kappa shape index (κ3) is 4.33. The Morgan fingerprint density at radius 1 is 1.50 bits per heavy atom. The molecule has 0 bridgehead atoms. The van der Waals surface area contributed by atoms with Gasteiger partial charge in [0.05, 0.1) is 5.69 Å². The van der Waals surface area contributed by atoms with Crippen molar-refractivity contribution >= 4 is 0 Å². The molecule has 1 rings (SSSR count). The normalized spacial score (nSPS) is 12.7. The van der Waals surface area contributed by atoms with Crippen LogP contribution in [0.25, 0.3) is 0 Å². The molecular formula is C11H19N3. The monoisotopic (exact) mass is 193 g/mol. The molecule has 0 spiro atoms. The van der Waals surface area contributed by atoms with Gasteiger partial charge in [-0.1, -0.05) is 20.3 Å². The summed E-state index contributed by atoms with van der Waals surface area (Å²) in [6.45, 7) is 6.41. The summed E-state index contributed by atoms with van der Waals surface area (Å²) in [6.07, 6.45) is 5.92. The number of aromatic nitrogens is 2. The fourth-order valence-electron chi connectivity index (χ4n) is 1.46. The molecule has 1 N–H and O–H groups in total. The Bertz CT molecular complexity index is 236. The van der Waals surface area contributed by atoms with Crippen LogP contribution in [0.2, 0.25) is 0 Å². The van der Waals surface area contributed by atoms with E-state index < -0.39 is 0 Å². The molecule has 78 valence electrons. The topological polar surface area (TPSA) is 37.8 Å². The van der Waals surface area contributed by atoms with E-state index in [1.54, 1.807) is 12.5 Å². The highest BCUT2D eigenvalue weighted by Crippen LogP contribution is 2.02. The van der Waals surface area contributed by atoms with E-state index in [0.29, 0.717) is 0 Å². The van der Waals surface area contributed by atoms with Gasteiger partial charge in [0.1, 0.15) is 6.33 Å². The third-order valence-electron chi connectivity index (χ3n) is 2.22. The molecule has 0 fully saturated rings. The van der Waals surface area contributed by atoms with Crippen LogP contribution in [-0.2, 0) is 6.54 Å². The zero-order valence-electron chi connectivity index (χ0n) is 9.03. The van der Waals surface area contributed by atoms with E-state index in [9.17, 15) is 0 Å². The lowest BCUT2D eigenvalue weighted by molar-refractivity contribution is 0.474. The van der Waals surface area contributed by atoms with Crippen molar-refractivity contribution in [2.45, 2.75) is 33.2 Å². The predicted molar refractivity (Wildman–Crippen MR) is 57.8 cm³/mol. The minimum Gasteiger partial charge on any atom is -0.311 e. The molecule has 0 aromatic carbocycles. The minimum absolute atomic E-state index is 0.752. The van der Waals surface area contributed by atoms with Crippen molar-refractivity contribution in [3.05, 3.63) is 24.3 Å². The summed E-state index contributed by atoms with van der Waals surface area (Å²) in [5, 5.41) is 3.40. The molecule has 14 heavy (non-hydrogen) atoms. The first-order chi connectivity index (χ1) is 6.83. The second-order valence-corrected chi connectivity index (χ2v) is 3.73. The zero-order chi connectivity index (χ0) is 10.2. The quantitative estimate of drug-likeness (QED) is 0.751. The van der Waals surface area contributed by atoms with Crippen LogP contribution in [0.5, 0.6) is 0 Å². The van der Waals surface area contributed by atoms with Gasteiger partial charge in [-0.05, 0) is 24.9 Å². The number of rotatable bonds is 6. The molecular weight excluding hydrogens is 174 g/mol. The Morgan fingerprint density at radius 2 is 2.36 bits per heavy atom. The average Bonchev–Trinajstić information content (AvgIpc) is 2.20.